The second kappa shape index (κ2) is 11.1. The van der Waals surface area contributed by atoms with Crippen LogP contribution in [-0.4, -0.2) is 29.0 Å². The molecule has 1 aromatic carbocycles. The third-order valence-corrected chi connectivity index (χ3v) is 4.93. The molecule has 0 spiro atoms. The van der Waals surface area contributed by atoms with Gasteiger partial charge in [-0.25, -0.2) is 0 Å². The first kappa shape index (κ1) is 20.7. The highest BCUT2D eigenvalue weighted by atomic mass is 16.2. The van der Waals surface area contributed by atoms with Crippen LogP contribution in [0.2, 0.25) is 0 Å². The molecule has 1 atom stereocenters. The van der Waals surface area contributed by atoms with Crippen molar-refractivity contribution in [2.45, 2.75) is 32.2 Å². The number of amides is 1. The van der Waals surface area contributed by atoms with E-state index in [1.54, 1.807) is 18.6 Å². The molecule has 1 unspecified atom stereocenters. The second-order valence-electron chi connectivity index (χ2n) is 6.99. The lowest BCUT2D eigenvalue weighted by Crippen LogP contribution is -2.39. The van der Waals surface area contributed by atoms with Crippen molar-refractivity contribution in [1.82, 2.24) is 20.6 Å². The van der Waals surface area contributed by atoms with Crippen molar-refractivity contribution in [2.24, 2.45) is 0 Å². The van der Waals surface area contributed by atoms with Gasteiger partial charge in [0, 0.05) is 37.9 Å². The number of benzene rings is 1. The Labute approximate surface area is 172 Å². The molecule has 5 heteroatoms. The lowest BCUT2D eigenvalue weighted by Gasteiger charge is -2.19. The van der Waals surface area contributed by atoms with Crippen LogP contribution in [-0.2, 0) is 24.1 Å². The average Bonchev–Trinajstić information content (AvgIpc) is 2.78. The Morgan fingerprint density at radius 1 is 0.862 bits per heavy atom. The van der Waals surface area contributed by atoms with E-state index in [0.717, 1.165) is 36.0 Å². The number of aromatic nitrogens is 2. The summed E-state index contributed by atoms with van der Waals surface area (Å²) >= 11 is 0. The highest BCUT2D eigenvalue weighted by Gasteiger charge is 2.19. The fourth-order valence-electron chi connectivity index (χ4n) is 3.20. The van der Waals surface area contributed by atoms with E-state index < -0.39 is 0 Å². The summed E-state index contributed by atoms with van der Waals surface area (Å²) in [4.78, 5) is 21.1. The van der Waals surface area contributed by atoms with E-state index in [1.165, 1.54) is 5.56 Å². The van der Waals surface area contributed by atoms with Crippen LogP contribution in [0.1, 0.15) is 35.2 Å². The van der Waals surface area contributed by atoms with E-state index in [-0.39, 0.29) is 11.9 Å². The Bertz CT molecular complexity index is 866. The summed E-state index contributed by atoms with van der Waals surface area (Å²) < 4.78 is 0. The Hall–Kier alpha value is -3.05. The molecule has 2 N–H and O–H groups in total. The largest absolute Gasteiger partial charge is 0.354 e. The number of carbonyl (C=O) groups excluding carboxylic acids is 1. The maximum atomic E-state index is 12.9. The molecular weight excluding hydrogens is 360 g/mol. The van der Waals surface area contributed by atoms with Gasteiger partial charge in [0.2, 0.25) is 5.91 Å². The highest BCUT2D eigenvalue weighted by Crippen LogP contribution is 2.15. The summed E-state index contributed by atoms with van der Waals surface area (Å²) in [6.45, 7) is 3.42. The van der Waals surface area contributed by atoms with Gasteiger partial charge in [-0.15, -0.1) is 0 Å². The fraction of sp³-hybridized carbons (Fsp3) is 0.292. The van der Waals surface area contributed by atoms with Crippen molar-refractivity contribution >= 4 is 5.91 Å². The zero-order valence-corrected chi connectivity index (χ0v) is 16.8. The molecule has 2 heterocycles. The quantitative estimate of drug-likeness (QED) is 0.559. The molecule has 0 saturated carbocycles. The molecule has 0 fully saturated rings. The van der Waals surface area contributed by atoms with E-state index in [2.05, 4.69) is 45.7 Å². The topological polar surface area (TPSA) is 66.9 Å². The van der Waals surface area contributed by atoms with Gasteiger partial charge < -0.3 is 10.6 Å². The first-order valence-corrected chi connectivity index (χ1v) is 10.1. The van der Waals surface area contributed by atoms with Gasteiger partial charge in [0.15, 0.2) is 0 Å². The van der Waals surface area contributed by atoms with Crippen molar-refractivity contribution in [1.29, 1.82) is 0 Å². The highest BCUT2D eigenvalue weighted by molar-refractivity contribution is 5.83. The third kappa shape index (κ3) is 6.50. The molecule has 29 heavy (non-hydrogen) atoms. The van der Waals surface area contributed by atoms with Gasteiger partial charge in [0.1, 0.15) is 6.04 Å². The first-order valence-electron chi connectivity index (χ1n) is 10.1. The van der Waals surface area contributed by atoms with E-state index in [0.29, 0.717) is 13.1 Å². The minimum atomic E-state index is -0.380. The van der Waals surface area contributed by atoms with Crippen LogP contribution in [0.4, 0.5) is 0 Å². The van der Waals surface area contributed by atoms with Crippen molar-refractivity contribution < 1.29 is 4.79 Å². The maximum Gasteiger partial charge on any atom is 0.241 e. The van der Waals surface area contributed by atoms with Crippen LogP contribution >= 0.6 is 0 Å². The number of rotatable bonds is 10. The van der Waals surface area contributed by atoms with Crippen molar-refractivity contribution in [3.05, 3.63) is 95.6 Å². The van der Waals surface area contributed by atoms with Crippen LogP contribution < -0.4 is 10.6 Å². The zero-order chi connectivity index (χ0) is 20.3. The molecule has 3 rings (SSSR count). The van der Waals surface area contributed by atoms with Gasteiger partial charge in [-0.1, -0.05) is 37.3 Å². The number of hydrogen-bond donors (Lipinski definition) is 2. The predicted molar refractivity (Wildman–Crippen MR) is 115 cm³/mol. The zero-order valence-electron chi connectivity index (χ0n) is 16.8. The minimum absolute atomic E-state index is 0.00510. The maximum absolute atomic E-state index is 12.9. The number of aryl methyl sites for hydroxylation is 1. The first-order chi connectivity index (χ1) is 14.3. The number of pyridine rings is 2. The van der Waals surface area contributed by atoms with E-state index in [1.807, 2.05) is 36.5 Å². The number of nitrogens with one attached hydrogen (secondary N) is 2. The molecule has 0 aliphatic carbocycles. The number of nitrogens with zero attached hydrogens (tertiary/aromatic N) is 2. The molecule has 0 radical (unpaired) electrons. The SMILES string of the molecule is CCc1ccc(C(NCCc2cccnc2)C(=O)NCCc2ccncc2)cc1. The van der Waals surface area contributed by atoms with Crippen molar-refractivity contribution in [3.63, 3.8) is 0 Å². The van der Waals surface area contributed by atoms with Crippen LogP contribution in [0.5, 0.6) is 0 Å². The van der Waals surface area contributed by atoms with E-state index in [4.69, 9.17) is 0 Å². The van der Waals surface area contributed by atoms with E-state index in [9.17, 15) is 4.79 Å². The summed E-state index contributed by atoms with van der Waals surface area (Å²) in [5.41, 5.74) is 4.56. The van der Waals surface area contributed by atoms with Crippen molar-refractivity contribution in [2.75, 3.05) is 13.1 Å². The van der Waals surface area contributed by atoms with Gasteiger partial charge in [0.05, 0.1) is 0 Å². The summed E-state index contributed by atoms with van der Waals surface area (Å²) in [6, 6.07) is 15.8. The van der Waals surface area contributed by atoms with Gasteiger partial charge in [0.25, 0.3) is 0 Å². The predicted octanol–water partition coefficient (Wildman–Crippen LogP) is 3.27. The Morgan fingerprint density at radius 3 is 2.31 bits per heavy atom. The molecule has 1 amide bonds. The summed E-state index contributed by atoms with van der Waals surface area (Å²) in [6.07, 6.45) is 9.77. The van der Waals surface area contributed by atoms with Gasteiger partial charge >= 0.3 is 0 Å². The van der Waals surface area contributed by atoms with Crippen LogP contribution in [0.25, 0.3) is 0 Å². The van der Waals surface area contributed by atoms with Gasteiger partial charge in [-0.3, -0.25) is 14.8 Å². The molecule has 3 aromatic rings. The molecule has 0 aliphatic rings. The molecule has 0 aliphatic heterocycles. The van der Waals surface area contributed by atoms with Crippen molar-refractivity contribution in [3.8, 4) is 0 Å². The summed E-state index contributed by atoms with van der Waals surface area (Å²) in [5.74, 6) is -0.00510. The Kier molecular flexibility index (Phi) is 7.90. The summed E-state index contributed by atoms with van der Waals surface area (Å²) in [5, 5.41) is 6.49. The molecule has 2 aromatic heterocycles. The average molecular weight is 389 g/mol. The monoisotopic (exact) mass is 388 g/mol. The molecule has 5 nitrogen and oxygen atoms in total. The fourth-order valence-corrected chi connectivity index (χ4v) is 3.20. The van der Waals surface area contributed by atoms with Gasteiger partial charge in [-0.2, -0.15) is 0 Å². The number of hydrogen-bond acceptors (Lipinski definition) is 4. The van der Waals surface area contributed by atoms with Gasteiger partial charge in [-0.05, 0) is 59.7 Å². The standard InChI is InChI=1S/C24H28N4O/c1-2-19-5-7-22(8-6-19)23(27-16-12-21-4-3-13-26-18-21)24(29)28-17-11-20-9-14-25-15-10-20/h3-10,13-15,18,23,27H,2,11-12,16-17H2,1H3,(H,28,29). The lowest BCUT2D eigenvalue weighted by atomic mass is 10.0. The van der Waals surface area contributed by atoms with E-state index >= 15 is 0 Å². The normalized spacial score (nSPS) is 11.8. The lowest BCUT2D eigenvalue weighted by molar-refractivity contribution is -0.123. The van der Waals surface area contributed by atoms with Crippen LogP contribution in [0.3, 0.4) is 0 Å². The molecular formula is C24H28N4O. The smallest absolute Gasteiger partial charge is 0.241 e. The Balaban J connectivity index is 1.61. The Morgan fingerprint density at radius 2 is 1.62 bits per heavy atom. The van der Waals surface area contributed by atoms with Crippen LogP contribution in [0.15, 0.2) is 73.3 Å². The minimum Gasteiger partial charge on any atom is -0.354 e. The molecule has 0 saturated heterocycles. The second-order valence-corrected chi connectivity index (χ2v) is 6.99. The molecule has 0 bridgehead atoms. The third-order valence-electron chi connectivity index (χ3n) is 4.93. The van der Waals surface area contributed by atoms with Crippen LogP contribution in [0, 0.1) is 0 Å². The molecule has 150 valence electrons. The summed E-state index contributed by atoms with van der Waals surface area (Å²) in [7, 11) is 0. The number of carbonyl (C=O) groups is 1.